The van der Waals surface area contributed by atoms with Crippen molar-refractivity contribution in [3.63, 3.8) is 0 Å². The third-order valence-electron chi connectivity index (χ3n) is 7.89. The number of hydrogen-bond donors (Lipinski definition) is 0. The number of cyclic esters (lactones) is 1. The third-order valence-corrected chi connectivity index (χ3v) is 7.89. The van der Waals surface area contributed by atoms with E-state index in [1.54, 1.807) is 12.3 Å². The molecule has 8 nitrogen and oxygen atoms in total. The van der Waals surface area contributed by atoms with Gasteiger partial charge in [0.1, 0.15) is 19.0 Å². The van der Waals surface area contributed by atoms with Crippen molar-refractivity contribution in [2.45, 2.75) is 51.7 Å². The summed E-state index contributed by atoms with van der Waals surface area (Å²) in [6, 6.07) is 1.77. The van der Waals surface area contributed by atoms with E-state index in [4.69, 9.17) is 23.4 Å². The van der Waals surface area contributed by atoms with Crippen LogP contribution >= 0.6 is 0 Å². The van der Waals surface area contributed by atoms with Crippen molar-refractivity contribution in [1.29, 1.82) is 0 Å². The van der Waals surface area contributed by atoms with E-state index >= 15 is 0 Å². The molecule has 7 atom stereocenters. The lowest BCUT2D eigenvalue weighted by Gasteiger charge is -2.61. The molecule has 2 aliphatic carbocycles. The number of Topliss-reactive ketones (excluding diaryl/α,β-unsaturated/α-hetero) is 1. The van der Waals surface area contributed by atoms with Gasteiger partial charge in [-0.15, -0.1) is 0 Å². The van der Waals surface area contributed by atoms with Gasteiger partial charge < -0.3 is 23.4 Å². The van der Waals surface area contributed by atoms with Gasteiger partial charge in [-0.1, -0.05) is 13.8 Å². The molecule has 4 rings (SSSR count). The van der Waals surface area contributed by atoms with Gasteiger partial charge in [0.25, 0.3) is 0 Å². The Bertz CT molecular complexity index is 848. The van der Waals surface area contributed by atoms with E-state index in [9.17, 15) is 14.4 Å². The normalized spacial score (nSPS) is 39.9. The molecule has 1 aromatic heterocycles. The number of carbonyl (C=O) groups is 3. The van der Waals surface area contributed by atoms with E-state index in [0.29, 0.717) is 19.3 Å². The van der Waals surface area contributed by atoms with Crippen LogP contribution in [0.1, 0.15) is 51.2 Å². The molecule has 0 amide bonds. The maximum Gasteiger partial charge on any atom is 0.310 e. The van der Waals surface area contributed by atoms with Crippen LogP contribution in [0, 0.1) is 28.6 Å². The van der Waals surface area contributed by atoms with Gasteiger partial charge in [-0.2, -0.15) is 0 Å². The van der Waals surface area contributed by atoms with Crippen molar-refractivity contribution in [3.05, 3.63) is 24.2 Å². The van der Waals surface area contributed by atoms with Gasteiger partial charge in [-0.3, -0.25) is 14.4 Å². The molecule has 0 bridgehead atoms. The van der Waals surface area contributed by atoms with Crippen LogP contribution in [0.3, 0.4) is 0 Å². The van der Waals surface area contributed by atoms with Crippen molar-refractivity contribution in [3.8, 4) is 0 Å². The largest absolute Gasteiger partial charge is 0.472 e. The zero-order chi connectivity index (χ0) is 22.4. The molecule has 0 aromatic carbocycles. The molecule has 1 aliphatic heterocycles. The minimum Gasteiger partial charge on any atom is -0.472 e. The molecule has 1 aromatic rings. The zero-order valence-corrected chi connectivity index (χ0v) is 18.4. The molecule has 170 valence electrons. The fraction of sp³-hybridized carbons (Fsp3) is 0.696. The van der Waals surface area contributed by atoms with E-state index in [0.717, 1.165) is 5.56 Å². The van der Waals surface area contributed by atoms with Gasteiger partial charge in [0.2, 0.25) is 0 Å². The van der Waals surface area contributed by atoms with E-state index in [1.807, 2.05) is 13.8 Å². The van der Waals surface area contributed by atoms with E-state index < -0.39 is 40.8 Å². The van der Waals surface area contributed by atoms with Crippen LogP contribution in [0.2, 0.25) is 0 Å². The van der Waals surface area contributed by atoms with Gasteiger partial charge in [-0.25, -0.2) is 0 Å². The molecule has 0 N–H and O–H groups in total. The molecule has 3 fully saturated rings. The highest BCUT2D eigenvalue weighted by Gasteiger charge is 2.67. The average Bonchev–Trinajstić information content (AvgIpc) is 3.26. The molecule has 2 saturated carbocycles. The Morgan fingerprint density at radius 3 is 2.65 bits per heavy atom. The fourth-order valence-electron chi connectivity index (χ4n) is 6.46. The quantitative estimate of drug-likeness (QED) is 0.515. The Hall–Kier alpha value is -2.19. The minimum atomic E-state index is -0.789. The smallest absolute Gasteiger partial charge is 0.310 e. The molecule has 2 heterocycles. The molecule has 3 aliphatic rings. The highest BCUT2D eigenvalue weighted by molar-refractivity contribution is 5.92. The number of ketones is 1. The summed E-state index contributed by atoms with van der Waals surface area (Å²) in [6.07, 6.45) is 3.65. The summed E-state index contributed by atoms with van der Waals surface area (Å²) in [7, 11) is 2.85. The summed E-state index contributed by atoms with van der Waals surface area (Å²) < 4.78 is 26.8. The summed E-state index contributed by atoms with van der Waals surface area (Å²) in [5.74, 6) is -2.21. The van der Waals surface area contributed by atoms with Crippen LogP contribution in [-0.4, -0.2) is 44.8 Å². The Morgan fingerprint density at radius 2 is 2.00 bits per heavy atom. The van der Waals surface area contributed by atoms with Gasteiger partial charge in [-0.05, 0) is 42.6 Å². The number of hydrogen-bond acceptors (Lipinski definition) is 8. The van der Waals surface area contributed by atoms with E-state index in [-0.39, 0.29) is 30.9 Å². The van der Waals surface area contributed by atoms with Crippen LogP contribution in [-0.2, 0) is 33.3 Å². The summed E-state index contributed by atoms with van der Waals surface area (Å²) in [5.41, 5.74) is -0.566. The van der Waals surface area contributed by atoms with Crippen molar-refractivity contribution >= 4 is 17.7 Å². The van der Waals surface area contributed by atoms with Gasteiger partial charge >= 0.3 is 11.9 Å². The topological polar surface area (TPSA) is 101 Å². The first-order chi connectivity index (χ1) is 14.8. The first-order valence-electron chi connectivity index (χ1n) is 10.7. The molecule has 1 saturated heterocycles. The summed E-state index contributed by atoms with van der Waals surface area (Å²) in [5, 5.41) is 0. The Kier molecular flexibility index (Phi) is 5.72. The number of fused-ring (bicyclic) bond motifs is 3. The predicted octanol–water partition coefficient (Wildman–Crippen LogP) is 3.06. The summed E-state index contributed by atoms with van der Waals surface area (Å²) in [6.45, 7) is 3.92. The number of carbonyl (C=O) groups excluding carboxylic acids is 3. The molecule has 31 heavy (non-hydrogen) atoms. The second-order valence-electron chi connectivity index (χ2n) is 9.50. The molecule has 8 heteroatoms. The van der Waals surface area contributed by atoms with Crippen LogP contribution in [0.15, 0.2) is 23.0 Å². The lowest BCUT2D eigenvalue weighted by atomic mass is 9.43. The van der Waals surface area contributed by atoms with Crippen molar-refractivity contribution in [2.24, 2.45) is 28.6 Å². The number of ether oxygens (including phenoxy) is 4. The predicted molar refractivity (Wildman–Crippen MR) is 106 cm³/mol. The van der Waals surface area contributed by atoms with Gasteiger partial charge in [0, 0.05) is 18.6 Å². The molecule has 0 radical (unpaired) electrons. The van der Waals surface area contributed by atoms with Gasteiger partial charge in [0.05, 0.1) is 31.5 Å². The molecular formula is C23H30O8. The molecule has 3 unspecified atom stereocenters. The van der Waals surface area contributed by atoms with Crippen LogP contribution in [0.4, 0.5) is 0 Å². The number of methoxy groups -OCH3 is 2. The monoisotopic (exact) mass is 434 g/mol. The minimum absolute atomic E-state index is 0.0481. The second-order valence-corrected chi connectivity index (χ2v) is 9.50. The average molecular weight is 434 g/mol. The maximum absolute atomic E-state index is 13.8. The first-order valence-corrected chi connectivity index (χ1v) is 10.7. The lowest BCUT2D eigenvalue weighted by molar-refractivity contribution is -0.213. The molecular weight excluding hydrogens is 404 g/mol. The van der Waals surface area contributed by atoms with E-state index in [1.165, 1.54) is 20.5 Å². The third kappa shape index (κ3) is 3.40. The molecule has 0 spiro atoms. The maximum atomic E-state index is 13.8. The Balaban J connectivity index is 1.77. The van der Waals surface area contributed by atoms with Gasteiger partial charge in [0.15, 0.2) is 5.78 Å². The first kappa shape index (κ1) is 22.0. The van der Waals surface area contributed by atoms with Crippen LogP contribution in [0.25, 0.3) is 0 Å². The lowest BCUT2D eigenvalue weighted by Crippen LogP contribution is -2.64. The standard InChI is InChI=1S/C23H30O8/c1-22-7-5-14-21(26)31-17(13-6-8-29-11-13)10-23(14,2)19(22)18(24)16(30-12-27-3)9-15(22)20(25)28-4/h6,8,11,14-17,19H,5,7,9-10,12H2,1-4H3/t14?,15?,16-,17-,19?,22-,23-/m0/s1. The Morgan fingerprint density at radius 1 is 1.23 bits per heavy atom. The number of furan rings is 1. The highest BCUT2D eigenvalue weighted by atomic mass is 16.7. The highest BCUT2D eigenvalue weighted by Crippen LogP contribution is 2.65. The zero-order valence-electron chi connectivity index (χ0n) is 18.4. The summed E-state index contributed by atoms with van der Waals surface area (Å²) >= 11 is 0. The van der Waals surface area contributed by atoms with E-state index in [2.05, 4.69) is 0 Å². The number of esters is 2. The van der Waals surface area contributed by atoms with Crippen molar-refractivity contribution < 1.29 is 37.7 Å². The SMILES string of the molecule is COCO[C@H]1CC(C(=O)OC)[C@]2(C)CCC3C(=O)O[C@H](c4ccoc4)C[C@]3(C)C2C1=O. The second kappa shape index (κ2) is 8.06. The van der Waals surface area contributed by atoms with Crippen LogP contribution < -0.4 is 0 Å². The number of rotatable bonds is 5. The fourth-order valence-corrected chi connectivity index (χ4v) is 6.46. The summed E-state index contributed by atoms with van der Waals surface area (Å²) in [4.78, 5) is 39.6. The van der Waals surface area contributed by atoms with Crippen molar-refractivity contribution in [2.75, 3.05) is 21.0 Å². The van der Waals surface area contributed by atoms with Crippen molar-refractivity contribution in [1.82, 2.24) is 0 Å². The Labute approximate surface area is 181 Å². The van der Waals surface area contributed by atoms with Crippen LogP contribution in [0.5, 0.6) is 0 Å².